The summed E-state index contributed by atoms with van der Waals surface area (Å²) in [5.41, 5.74) is 1.46. The van der Waals surface area contributed by atoms with Crippen molar-refractivity contribution < 1.29 is 9.66 Å². The average Bonchev–Trinajstić information content (AvgIpc) is 2.53. The maximum absolute atomic E-state index is 10.9. The summed E-state index contributed by atoms with van der Waals surface area (Å²) in [6.45, 7) is 0.521. The van der Waals surface area contributed by atoms with E-state index in [1.165, 1.54) is 12.1 Å². The van der Waals surface area contributed by atoms with E-state index in [0.29, 0.717) is 12.2 Å². The van der Waals surface area contributed by atoms with Crippen LogP contribution in [-0.2, 0) is 6.54 Å². The van der Waals surface area contributed by atoms with E-state index in [1.807, 2.05) is 30.3 Å². The zero-order chi connectivity index (χ0) is 15.2. The van der Waals surface area contributed by atoms with Crippen LogP contribution in [0.4, 0.5) is 11.4 Å². The Kier molecular flexibility index (Phi) is 4.36. The van der Waals surface area contributed by atoms with Gasteiger partial charge in [-0.2, -0.15) is 5.26 Å². The molecule has 0 amide bonds. The molecule has 0 aromatic heterocycles. The van der Waals surface area contributed by atoms with Gasteiger partial charge < -0.3 is 10.1 Å². The van der Waals surface area contributed by atoms with E-state index in [1.54, 1.807) is 13.2 Å². The van der Waals surface area contributed by atoms with Crippen molar-refractivity contribution in [1.82, 2.24) is 0 Å². The summed E-state index contributed by atoms with van der Waals surface area (Å²) in [5, 5.41) is 22.8. The summed E-state index contributed by atoms with van der Waals surface area (Å²) in [4.78, 5) is 10.3. The lowest BCUT2D eigenvalue weighted by atomic mass is 10.1. The number of nitrogens with zero attached hydrogens (tertiary/aromatic N) is 2. The number of hydrogen-bond acceptors (Lipinski definition) is 5. The van der Waals surface area contributed by atoms with E-state index < -0.39 is 4.92 Å². The molecule has 6 heteroatoms. The van der Waals surface area contributed by atoms with Crippen molar-refractivity contribution in [2.75, 3.05) is 12.4 Å². The lowest BCUT2D eigenvalue weighted by Gasteiger charge is -2.07. The Morgan fingerprint density at radius 3 is 2.57 bits per heavy atom. The van der Waals surface area contributed by atoms with Crippen molar-refractivity contribution in [3.8, 4) is 11.8 Å². The van der Waals surface area contributed by atoms with E-state index in [9.17, 15) is 10.1 Å². The van der Waals surface area contributed by atoms with Crippen LogP contribution in [0.5, 0.6) is 5.75 Å². The van der Waals surface area contributed by atoms with Crippen LogP contribution in [0.1, 0.15) is 11.1 Å². The topological polar surface area (TPSA) is 88.2 Å². The number of hydrogen-bond donors (Lipinski definition) is 1. The number of anilines is 1. The van der Waals surface area contributed by atoms with Gasteiger partial charge in [-0.3, -0.25) is 10.1 Å². The molecule has 2 aromatic carbocycles. The van der Waals surface area contributed by atoms with Gasteiger partial charge in [0.15, 0.2) is 0 Å². The van der Waals surface area contributed by atoms with E-state index in [0.717, 1.165) is 11.3 Å². The molecule has 0 aliphatic rings. The second-order valence-corrected chi connectivity index (χ2v) is 4.30. The molecule has 0 heterocycles. The largest absolute Gasteiger partial charge is 0.497 e. The predicted octanol–water partition coefficient (Wildman–Crippen LogP) is 3.09. The average molecular weight is 283 g/mol. The Morgan fingerprint density at radius 1 is 1.29 bits per heavy atom. The fourth-order valence-corrected chi connectivity index (χ4v) is 1.83. The molecule has 2 aromatic rings. The van der Waals surface area contributed by atoms with Crippen molar-refractivity contribution in [2.45, 2.75) is 6.54 Å². The number of rotatable bonds is 5. The first-order chi connectivity index (χ1) is 10.1. The van der Waals surface area contributed by atoms with Crippen LogP contribution in [0.2, 0.25) is 0 Å². The van der Waals surface area contributed by atoms with Crippen LogP contribution >= 0.6 is 0 Å². The van der Waals surface area contributed by atoms with Crippen LogP contribution in [0.25, 0.3) is 0 Å². The highest BCUT2D eigenvalue weighted by Gasteiger charge is 2.13. The maximum Gasteiger partial charge on any atom is 0.289 e. The number of nitro benzene ring substituents is 1. The minimum absolute atomic E-state index is 0.0509. The minimum Gasteiger partial charge on any atom is -0.497 e. The molecule has 0 bridgehead atoms. The summed E-state index contributed by atoms with van der Waals surface area (Å²) in [6.07, 6.45) is 0. The Morgan fingerprint density at radius 2 is 2.00 bits per heavy atom. The zero-order valence-corrected chi connectivity index (χ0v) is 11.4. The Bertz CT molecular complexity index is 690. The fraction of sp³-hybridized carbons (Fsp3) is 0.133. The lowest BCUT2D eigenvalue weighted by Crippen LogP contribution is -2.01. The Balaban J connectivity index is 2.11. The molecule has 21 heavy (non-hydrogen) atoms. The molecule has 0 fully saturated rings. The molecule has 0 radical (unpaired) electrons. The number of nitro groups is 1. The quantitative estimate of drug-likeness (QED) is 0.673. The minimum atomic E-state index is -0.558. The maximum atomic E-state index is 10.9. The molecule has 0 unspecified atom stereocenters. The third-order valence-corrected chi connectivity index (χ3v) is 2.97. The van der Waals surface area contributed by atoms with E-state index >= 15 is 0 Å². The number of ether oxygens (including phenoxy) is 1. The molecule has 0 aliphatic carbocycles. The Hall–Kier alpha value is -3.07. The van der Waals surface area contributed by atoms with Gasteiger partial charge >= 0.3 is 0 Å². The van der Waals surface area contributed by atoms with E-state index in [-0.39, 0.29) is 11.3 Å². The van der Waals surface area contributed by atoms with Crippen LogP contribution in [0.15, 0.2) is 42.5 Å². The Labute approximate surface area is 121 Å². The SMILES string of the molecule is COc1ccc(CNc2ccc(C#N)c([N+](=O)[O-])c2)cc1. The normalized spacial score (nSPS) is 9.71. The van der Waals surface area contributed by atoms with Crippen LogP contribution in [0.3, 0.4) is 0 Å². The third kappa shape index (κ3) is 3.48. The van der Waals surface area contributed by atoms with Gasteiger partial charge in [-0.05, 0) is 29.8 Å². The standard InChI is InChI=1S/C15H13N3O3/c1-21-14-6-2-11(3-7-14)10-17-13-5-4-12(9-16)15(8-13)18(19)20/h2-8,17H,10H2,1H3. The van der Waals surface area contributed by atoms with Crippen molar-refractivity contribution >= 4 is 11.4 Å². The van der Waals surface area contributed by atoms with Crippen LogP contribution in [-0.4, -0.2) is 12.0 Å². The fourth-order valence-electron chi connectivity index (χ4n) is 1.83. The summed E-state index contributed by atoms with van der Waals surface area (Å²) in [6, 6.07) is 13.8. The molecule has 2 rings (SSSR count). The van der Waals surface area contributed by atoms with Crippen molar-refractivity contribution in [3.63, 3.8) is 0 Å². The second-order valence-electron chi connectivity index (χ2n) is 4.30. The first-order valence-electron chi connectivity index (χ1n) is 6.19. The van der Waals surface area contributed by atoms with Crippen molar-refractivity contribution in [2.24, 2.45) is 0 Å². The molecule has 6 nitrogen and oxygen atoms in total. The highest BCUT2D eigenvalue weighted by molar-refractivity contribution is 5.59. The molecule has 0 aliphatic heterocycles. The van der Waals surface area contributed by atoms with Gasteiger partial charge in [-0.25, -0.2) is 0 Å². The summed E-state index contributed by atoms with van der Waals surface area (Å²) < 4.78 is 5.07. The molecule has 0 spiro atoms. The van der Waals surface area contributed by atoms with Crippen molar-refractivity contribution in [1.29, 1.82) is 5.26 Å². The number of benzene rings is 2. The summed E-state index contributed by atoms with van der Waals surface area (Å²) in [7, 11) is 1.60. The second kappa shape index (κ2) is 6.39. The number of methoxy groups -OCH3 is 1. The smallest absolute Gasteiger partial charge is 0.289 e. The van der Waals surface area contributed by atoms with E-state index in [2.05, 4.69) is 5.32 Å². The van der Waals surface area contributed by atoms with Gasteiger partial charge in [0.1, 0.15) is 17.4 Å². The zero-order valence-electron chi connectivity index (χ0n) is 11.4. The monoisotopic (exact) mass is 283 g/mol. The highest BCUT2D eigenvalue weighted by atomic mass is 16.6. The van der Waals surface area contributed by atoms with Gasteiger partial charge in [0.2, 0.25) is 0 Å². The molecule has 0 atom stereocenters. The summed E-state index contributed by atoms with van der Waals surface area (Å²) >= 11 is 0. The molecule has 106 valence electrons. The van der Waals surface area contributed by atoms with E-state index in [4.69, 9.17) is 10.00 Å². The van der Waals surface area contributed by atoms with Gasteiger partial charge in [-0.1, -0.05) is 12.1 Å². The molecular weight excluding hydrogens is 270 g/mol. The predicted molar refractivity (Wildman–Crippen MR) is 78.1 cm³/mol. The molecular formula is C15H13N3O3. The van der Waals surface area contributed by atoms with Gasteiger partial charge in [0, 0.05) is 18.3 Å². The van der Waals surface area contributed by atoms with Crippen LogP contribution in [0, 0.1) is 21.4 Å². The highest BCUT2D eigenvalue weighted by Crippen LogP contribution is 2.23. The van der Waals surface area contributed by atoms with Crippen LogP contribution < -0.4 is 10.1 Å². The third-order valence-electron chi connectivity index (χ3n) is 2.97. The molecule has 0 saturated carbocycles. The molecule has 0 saturated heterocycles. The first kappa shape index (κ1) is 14.3. The summed E-state index contributed by atoms with van der Waals surface area (Å²) in [5.74, 6) is 0.771. The number of nitrogens with one attached hydrogen (secondary N) is 1. The van der Waals surface area contributed by atoms with Gasteiger partial charge in [0.25, 0.3) is 5.69 Å². The number of nitriles is 1. The molecule has 1 N–H and O–H groups in total. The van der Waals surface area contributed by atoms with Crippen molar-refractivity contribution in [3.05, 3.63) is 63.7 Å². The lowest BCUT2D eigenvalue weighted by molar-refractivity contribution is -0.385. The van der Waals surface area contributed by atoms with Gasteiger partial charge in [-0.15, -0.1) is 0 Å². The van der Waals surface area contributed by atoms with Gasteiger partial charge in [0.05, 0.1) is 12.0 Å². The first-order valence-corrected chi connectivity index (χ1v) is 6.19.